The van der Waals surface area contributed by atoms with E-state index in [1.807, 2.05) is 24.3 Å². The average molecular weight is 284 g/mol. The van der Waals surface area contributed by atoms with Crippen LogP contribution in [0.15, 0.2) is 48.5 Å². The molecule has 0 saturated heterocycles. The highest BCUT2D eigenvalue weighted by molar-refractivity contribution is 5.76. The van der Waals surface area contributed by atoms with Gasteiger partial charge in [0.05, 0.1) is 6.61 Å². The van der Waals surface area contributed by atoms with Crippen LogP contribution in [0, 0.1) is 6.92 Å². The largest absolute Gasteiger partial charge is 0.491 e. The maximum atomic E-state index is 10.7. The summed E-state index contributed by atoms with van der Waals surface area (Å²) >= 11 is 0. The van der Waals surface area contributed by atoms with Crippen LogP contribution in [0.3, 0.4) is 0 Å². The molecular weight excluding hydrogens is 264 g/mol. The molecule has 0 radical (unpaired) electrons. The minimum Gasteiger partial charge on any atom is -0.491 e. The minimum atomic E-state index is 0.0254. The van der Waals surface area contributed by atoms with E-state index in [2.05, 4.69) is 31.2 Å². The van der Waals surface area contributed by atoms with Crippen LogP contribution in [-0.2, 0) is 9.53 Å². The number of ether oxygens (including phenoxy) is 2. The summed E-state index contributed by atoms with van der Waals surface area (Å²) in [4.78, 5) is 10.7. The number of aryl methyl sites for hydroxylation is 1. The number of carbonyl (C=O) groups is 1. The van der Waals surface area contributed by atoms with E-state index in [-0.39, 0.29) is 12.4 Å². The zero-order valence-corrected chi connectivity index (χ0v) is 12.5. The quantitative estimate of drug-likeness (QED) is 0.728. The van der Waals surface area contributed by atoms with Crippen molar-refractivity contribution in [3.8, 4) is 16.9 Å². The molecule has 110 valence electrons. The molecule has 3 nitrogen and oxygen atoms in total. The van der Waals surface area contributed by atoms with Crippen molar-refractivity contribution in [1.82, 2.24) is 0 Å². The Morgan fingerprint density at radius 3 is 2.05 bits per heavy atom. The lowest BCUT2D eigenvalue weighted by Gasteiger charge is -2.08. The van der Waals surface area contributed by atoms with Crippen molar-refractivity contribution in [2.45, 2.75) is 13.8 Å². The van der Waals surface area contributed by atoms with E-state index in [0.717, 1.165) is 11.3 Å². The maximum absolute atomic E-state index is 10.7. The zero-order chi connectivity index (χ0) is 15.1. The Hall–Kier alpha value is -2.13. The summed E-state index contributed by atoms with van der Waals surface area (Å²) in [5, 5.41) is 0. The third-order valence-electron chi connectivity index (χ3n) is 3.04. The van der Waals surface area contributed by atoms with Gasteiger partial charge in [0.1, 0.15) is 19.0 Å². The first-order chi connectivity index (χ1) is 10.1. The molecule has 21 heavy (non-hydrogen) atoms. The van der Waals surface area contributed by atoms with Crippen LogP contribution in [0.2, 0.25) is 0 Å². The van der Waals surface area contributed by atoms with Gasteiger partial charge in [-0.05, 0) is 37.1 Å². The fourth-order valence-electron chi connectivity index (χ4n) is 1.92. The van der Waals surface area contributed by atoms with Gasteiger partial charge in [-0.15, -0.1) is 0 Å². The normalized spacial score (nSPS) is 10.4. The van der Waals surface area contributed by atoms with Crippen LogP contribution < -0.4 is 4.74 Å². The number of benzene rings is 2. The Labute approximate surface area is 125 Å². The molecule has 0 fully saturated rings. The Morgan fingerprint density at radius 1 is 0.905 bits per heavy atom. The molecule has 0 unspecified atom stereocenters. The Morgan fingerprint density at radius 2 is 1.48 bits per heavy atom. The molecule has 0 spiro atoms. The molecule has 0 N–H and O–H groups in total. The summed E-state index contributed by atoms with van der Waals surface area (Å²) in [5.41, 5.74) is 3.61. The van der Waals surface area contributed by atoms with Crippen LogP contribution in [0.1, 0.15) is 12.5 Å². The fourth-order valence-corrected chi connectivity index (χ4v) is 1.92. The van der Waals surface area contributed by atoms with Gasteiger partial charge >= 0.3 is 0 Å². The number of ketones is 1. The summed E-state index contributed by atoms with van der Waals surface area (Å²) in [6, 6.07) is 16.4. The van der Waals surface area contributed by atoms with Crippen LogP contribution in [0.4, 0.5) is 0 Å². The Bertz CT molecular complexity index is 570. The summed E-state index contributed by atoms with van der Waals surface area (Å²) < 4.78 is 10.7. The van der Waals surface area contributed by atoms with Gasteiger partial charge in [-0.25, -0.2) is 0 Å². The second-order valence-electron chi connectivity index (χ2n) is 4.99. The average Bonchev–Trinajstić information content (AvgIpc) is 2.48. The third-order valence-corrected chi connectivity index (χ3v) is 3.04. The van der Waals surface area contributed by atoms with Gasteiger partial charge in [0, 0.05) is 0 Å². The van der Waals surface area contributed by atoms with Crippen LogP contribution in [0.5, 0.6) is 5.75 Å². The second kappa shape index (κ2) is 7.60. The van der Waals surface area contributed by atoms with E-state index in [4.69, 9.17) is 9.47 Å². The molecule has 0 amide bonds. The molecule has 0 atom stereocenters. The Kier molecular flexibility index (Phi) is 5.52. The van der Waals surface area contributed by atoms with Crippen molar-refractivity contribution < 1.29 is 14.3 Å². The van der Waals surface area contributed by atoms with Crippen LogP contribution >= 0.6 is 0 Å². The smallest absolute Gasteiger partial charge is 0.155 e. The van der Waals surface area contributed by atoms with Crippen molar-refractivity contribution in [1.29, 1.82) is 0 Å². The van der Waals surface area contributed by atoms with Crippen LogP contribution in [-0.4, -0.2) is 25.6 Å². The van der Waals surface area contributed by atoms with E-state index in [9.17, 15) is 4.79 Å². The predicted octanol–water partition coefficient (Wildman–Crippen LogP) is 3.65. The first-order valence-corrected chi connectivity index (χ1v) is 7.02. The molecule has 3 heteroatoms. The molecule has 2 aromatic carbocycles. The van der Waals surface area contributed by atoms with Gasteiger partial charge in [0.15, 0.2) is 5.78 Å². The van der Waals surface area contributed by atoms with E-state index in [0.29, 0.717) is 13.2 Å². The monoisotopic (exact) mass is 284 g/mol. The third kappa shape index (κ3) is 5.04. The SMILES string of the molecule is CC(=O)COCCOc1ccc(-c2ccc(C)cc2)cc1. The fraction of sp³-hybridized carbons (Fsp3) is 0.278. The second-order valence-corrected chi connectivity index (χ2v) is 4.99. The van der Waals surface area contributed by atoms with Crippen molar-refractivity contribution in [3.63, 3.8) is 0 Å². The van der Waals surface area contributed by atoms with Crippen molar-refractivity contribution >= 4 is 5.78 Å². The first-order valence-electron chi connectivity index (χ1n) is 7.02. The van der Waals surface area contributed by atoms with Crippen LogP contribution in [0.25, 0.3) is 11.1 Å². The standard InChI is InChI=1S/C18H20O3/c1-14-3-5-16(6-4-14)17-7-9-18(10-8-17)21-12-11-20-13-15(2)19/h3-10H,11-13H2,1-2H3. The van der Waals surface area contributed by atoms with Gasteiger partial charge < -0.3 is 9.47 Å². The summed E-state index contributed by atoms with van der Waals surface area (Å²) in [6.07, 6.45) is 0. The molecule has 0 aliphatic carbocycles. The van der Waals surface area contributed by atoms with Gasteiger partial charge in [-0.2, -0.15) is 0 Å². The Balaban J connectivity index is 1.84. The molecule has 0 saturated carbocycles. The number of hydrogen-bond donors (Lipinski definition) is 0. The molecule has 0 bridgehead atoms. The van der Waals surface area contributed by atoms with E-state index in [1.54, 1.807) is 0 Å². The highest BCUT2D eigenvalue weighted by Crippen LogP contribution is 2.22. The van der Waals surface area contributed by atoms with Gasteiger partial charge in [0.25, 0.3) is 0 Å². The number of carbonyl (C=O) groups excluding carboxylic acids is 1. The summed E-state index contributed by atoms with van der Waals surface area (Å²) in [6.45, 7) is 4.59. The zero-order valence-electron chi connectivity index (χ0n) is 12.5. The summed E-state index contributed by atoms with van der Waals surface area (Å²) in [7, 11) is 0. The van der Waals surface area contributed by atoms with Gasteiger partial charge in [0.2, 0.25) is 0 Å². The highest BCUT2D eigenvalue weighted by Gasteiger charge is 1.99. The molecule has 0 aromatic heterocycles. The summed E-state index contributed by atoms with van der Waals surface area (Å²) in [5.74, 6) is 0.828. The number of Topliss-reactive ketones (excluding diaryl/α,β-unsaturated/α-hetero) is 1. The van der Waals surface area contributed by atoms with Crippen molar-refractivity contribution in [3.05, 3.63) is 54.1 Å². The minimum absolute atomic E-state index is 0.0254. The molecule has 2 aromatic rings. The lowest BCUT2D eigenvalue weighted by molar-refractivity contribution is -0.121. The molecule has 2 rings (SSSR count). The highest BCUT2D eigenvalue weighted by atomic mass is 16.5. The van der Waals surface area contributed by atoms with Crippen molar-refractivity contribution in [2.24, 2.45) is 0 Å². The van der Waals surface area contributed by atoms with E-state index >= 15 is 0 Å². The van der Waals surface area contributed by atoms with Gasteiger partial charge in [-0.1, -0.05) is 42.0 Å². The topological polar surface area (TPSA) is 35.5 Å². The predicted molar refractivity (Wildman–Crippen MR) is 83.6 cm³/mol. The van der Waals surface area contributed by atoms with E-state index < -0.39 is 0 Å². The number of hydrogen-bond acceptors (Lipinski definition) is 3. The lowest BCUT2D eigenvalue weighted by Crippen LogP contribution is -2.11. The molecule has 0 aliphatic heterocycles. The van der Waals surface area contributed by atoms with Crippen molar-refractivity contribution in [2.75, 3.05) is 19.8 Å². The number of rotatable bonds is 7. The maximum Gasteiger partial charge on any atom is 0.155 e. The van der Waals surface area contributed by atoms with E-state index in [1.165, 1.54) is 18.1 Å². The van der Waals surface area contributed by atoms with Gasteiger partial charge in [-0.3, -0.25) is 4.79 Å². The molecule has 0 heterocycles. The molecular formula is C18H20O3. The first kappa shape index (κ1) is 15.3. The lowest BCUT2D eigenvalue weighted by atomic mass is 10.0. The molecule has 0 aliphatic rings.